The largest absolute Gasteiger partial charge is 0.309 e. The zero-order valence-electron chi connectivity index (χ0n) is 26.2. The highest BCUT2D eigenvalue weighted by atomic mass is 32.1. The lowest BCUT2D eigenvalue weighted by Crippen LogP contribution is -2.02. The zero-order chi connectivity index (χ0) is 32.1. The first-order valence-corrected chi connectivity index (χ1v) is 17.3. The van der Waals surface area contributed by atoms with Gasteiger partial charge < -0.3 is 4.57 Å². The van der Waals surface area contributed by atoms with Crippen LogP contribution in [0.5, 0.6) is 0 Å². The fourth-order valence-electron chi connectivity index (χ4n) is 7.73. The summed E-state index contributed by atoms with van der Waals surface area (Å²) in [6.45, 7) is 0. The molecule has 0 aliphatic carbocycles. The Balaban J connectivity index is 1.25. The van der Waals surface area contributed by atoms with Crippen molar-refractivity contribution >= 4 is 86.0 Å². The number of hydrogen-bond acceptors (Lipinski definition) is 3. The average molecular weight is 643 g/mol. The lowest BCUT2D eigenvalue weighted by Gasteiger charge is -2.12. The number of thiophene rings is 1. The van der Waals surface area contributed by atoms with Crippen LogP contribution in [0.3, 0.4) is 0 Å². The molecule has 0 radical (unpaired) electrons. The summed E-state index contributed by atoms with van der Waals surface area (Å²) in [7, 11) is 0. The highest BCUT2D eigenvalue weighted by molar-refractivity contribution is 7.26. The van der Waals surface area contributed by atoms with Crippen molar-refractivity contribution in [3.8, 4) is 22.9 Å². The number of hydrogen-bond donors (Lipinski definition) is 0. The number of para-hydroxylation sites is 4. The van der Waals surface area contributed by atoms with Gasteiger partial charge in [-0.15, -0.1) is 11.3 Å². The molecule has 11 rings (SSSR count). The molecule has 11 aromatic rings. The highest BCUT2D eigenvalue weighted by Crippen LogP contribution is 2.44. The number of fused-ring (bicyclic) bond motifs is 10. The molecule has 0 saturated heterocycles. The van der Waals surface area contributed by atoms with Crippen LogP contribution >= 0.6 is 11.3 Å². The van der Waals surface area contributed by atoms with E-state index in [1.807, 2.05) is 29.5 Å². The number of rotatable bonds is 3. The minimum Gasteiger partial charge on any atom is -0.309 e. The molecule has 4 nitrogen and oxygen atoms in total. The Labute approximate surface area is 284 Å². The van der Waals surface area contributed by atoms with E-state index in [-0.39, 0.29) is 0 Å². The first-order chi connectivity index (χ1) is 24.3. The quantitative estimate of drug-likeness (QED) is 0.192. The van der Waals surface area contributed by atoms with E-state index in [0.717, 1.165) is 39.1 Å². The standard InChI is InChI=1S/C44H26N4S/c1-3-13-27(14-4-1)43-45-36-20-10-7-19-31(36)44(46-43)48-38-22-12-9-18-30(38)33-25-41-35(24-39(33)48)34-23-32-29-17-8-11-21-37(29)47(28-15-5-2-6-16-28)40(32)26-42(34)49-41/h1-26H. The molecular weight excluding hydrogens is 617 g/mol. The Kier molecular flexibility index (Phi) is 5.51. The molecule has 0 atom stereocenters. The summed E-state index contributed by atoms with van der Waals surface area (Å²) in [4.78, 5) is 10.3. The van der Waals surface area contributed by atoms with Crippen molar-refractivity contribution in [2.24, 2.45) is 0 Å². The van der Waals surface area contributed by atoms with Crippen molar-refractivity contribution < 1.29 is 0 Å². The summed E-state index contributed by atoms with van der Waals surface area (Å²) < 4.78 is 7.32. The summed E-state index contributed by atoms with van der Waals surface area (Å²) in [6, 6.07) is 56.4. The van der Waals surface area contributed by atoms with Gasteiger partial charge in [0.05, 0.1) is 27.6 Å². The van der Waals surface area contributed by atoms with E-state index in [0.29, 0.717) is 0 Å². The summed E-state index contributed by atoms with van der Waals surface area (Å²) in [5.41, 5.74) is 7.83. The third kappa shape index (κ3) is 3.85. The van der Waals surface area contributed by atoms with E-state index < -0.39 is 0 Å². The predicted molar refractivity (Wildman–Crippen MR) is 207 cm³/mol. The summed E-state index contributed by atoms with van der Waals surface area (Å²) >= 11 is 1.87. The van der Waals surface area contributed by atoms with Crippen LogP contribution in [0.4, 0.5) is 0 Å². The first kappa shape index (κ1) is 26.7. The van der Waals surface area contributed by atoms with E-state index in [4.69, 9.17) is 9.97 Å². The second-order valence-corrected chi connectivity index (χ2v) is 13.7. The average Bonchev–Trinajstić information content (AvgIpc) is 3.79. The molecule has 49 heavy (non-hydrogen) atoms. The van der Waals surface area contributed by atoms with Gasteiger partial charge in [-0.25, -0.2) is 9.97 Å². The third-order valence-electron chi connectivity index (χ3n) is 9.90. The second-order valence-electron chi connectivity index (χ2n) is 12.6. The fourth-order valence-corrected chi connectivity index (χ4v) is 8.87. The second kappa shape index (κ2) is 10.1. The Hall–Kier alpha value is -6.30. The van der Waals surface area contributed by atoms with Gasteiger partial charge in [-0.05, 0) is 60.7 Å². The molecular formula is C44H26N4S. The van der Waals surface area contributed by atoms with E-state index in [9.17, 15) is 0 Å². The maximum Gasteiger partial charge on any atom is 0.162 e. The van der Waals surface area contributed by atoms with Crippen LogP contribution in [0, 0.1) is 0 Å². The van der Waals surface area contributed by atoms with E-state index in [1.165, 1.54) is 58.4 Å². The van der Waals surface area contributed by atoms with Gasteiger partial charge >= 0.3 is 0 Å². The molecule has 0 amide bonds. The maximum atomic E-state index is 5.30. The molecule has 4 heterocycles. The van der Waals surface area contributed by atoms with Crippen molar-refractivity contribution in [1.82, 2.24) is 19.1 Å². The van der Waals surface area contributed by atoms with Gasteiger partial charge in [-0.1, -0.05) is 97.1 Å². The molecule has 228 valence electrons. The van der Waals surface area contributed by atoms with Crippen LogP contribution in [0.2, 0.25) is 0 Å². The summed E-state index contributed by atoms with van der Waals surface area (Å²) in [5.74, 6) is 1.61. The van der Waals surface area contributed by atoms with Gasteiger partial charge in [0.15, 0.2) is 5.82 Å². The SMILES string of the molecule is c1ccc(-c2nc(-n3c4ccccc4c4cc5sc6cc7c(cc6c5cc43)c3ccccc3n7-c3ccccc3)c3ccccc3n2)cc1. The van der Waals surface area contributed by atoms with Gasteiger partial charge in [0.1, 0.15) is 5.82 Å². The zero-order valence-corrected chi connectivity index (χ0v) is 27.0. The van der Waals surface area contributed by atoms with Gasteiger partial charge in [0, 0.05) is 58.4 Å². The normalized spacial score (nSPS) is 12.1. The Morgan fingerprint density at radius 2 is 0.959 bits per heavy atom. The molecule has 7 aromatic carbocycles. The number of aromatic nitrogens is 4. The van der Waals surface area contributed by atoms with E-state index in [2.05, 4.69) is 149 Å². The molecule has 0 spiro atoms. The van der Waals surface area contributed by atoms with Crippen molar-refractivity contribution in [2.45, 2.75) is 0 Å². The maximum absolute atomic E-state index is 5.30. The number of benzene rings is 7. The Bertz CT molecular complexity index is 3100. The third-order valence-corrected chi connectivity index (χ3v) is 11.0. The first-order valence-electron chi connectivity index (χ1n) is 16.5. The van der Waals surface area contributed by atoms with E-state index in [1.54, 1.807) is 0 Å². The van der Waals surface area contributed by atoms with Crippen molar-refractivity contribution in [1.29, 1.82) is 0 Å². The molecule has 5 heteroatoms. The molecule has 0 aliphatic rings. The fraction of sp³-hybridized carbons (Fsp3) is 0. The van der Waals surface area contributed by atoms with Crippen LogP contribution < -0.4 is 0 Å². The summed E-state index contributed by atoms with van der Waals surface area (Å²) in [6.07, 6.45) is 0. The van der Waals surface area contributed by atoms with Crippen LogP contribution in [-0.2, 0) is 0 Å². The molecule has 0 unspecified atom stereocenters. The van der Waals surface area contributed by atoms with Gasteiger partial charge in [0.25, 0.3) is 0 Å². The summed E-state index contributed by atoms with van der Waals surface area (Å²) in [5, 5.41) is 8.53. The molecule has 4 aromatic heterocycles. The van der Waals surface area contributed by atoms with Gasteiger partial charge in [-0.2, -0.15) is 0 Å². The number of nitrogens with zero attached hydrogens (tertiary/aromatic N) is 4. The Morgan fingerprint density at radius 3 is 1.73 bits per heavy atom. The molecule has 0 aliphatic heterocycles. The Morgan fingerprint density at radius 1 is 0.388 bits per heavy atom. The molecule has 0 saturated carbocycles. The van der Waals surface area contributed by atoms with E-state index >= 15 is 0 Å². The lowest BCUT2D eigenvalue weighted by molar-refractivity contribution is 1.08. The van der Waals surface area contributed by atoms with Gasteiger partial charge in [0.2, 0.25) is 0 Å². The molecule has 0 N–H and O–H groups in total. The van der Waals surface area contributed by atoms with Crippen LogP contribution in [0.15, 0.2) is 158 Å². The van der Waals surface area contributed by atoms with Crippen molar-refractivity contribution in [3.63, 3.8) is 0 Å². The molecule has 0 bridgehead atoms. The van der Waals surface area contributed by atoms with Crippen LogP contribution in [0.25, 0.3) is 97.6 Å². The van der Waals surface area contributed by atoms with Crippen LogP contribution in [0.1, 0.15) is 0 Å². The smallest absolute Gasteiger partial charge is 0.162 e. The van der Waals surface area contributed by atoms with Crippen LogP contribution in [-0.4, -0.2) is 19.1 Å². The molecule has 0 fully saturated rings. The van der Waals surface area contributed by atoms with Crippen molar-refractivity contribution in [3.05, 3.63) is 158 Å². The highest BCUT2D eigenvalue weighted by Gasteiger charge is 2.20. The minimum absolute atomic E-state index is 0.722. The van der Waals surface area contributed by atoms with Gasteiger partial charge in [-0.3, -0.25) is 4.57 Å². The monoisotopic (exact) mass is 642 g/mol. The lowest BCUT2D eigenvalue weighted by atomic mass is 10.1. The minimum atomic E-state index is 0.722. The van der Waals surface area contributed by atoms with Crippen molar-refractivity contribution in [2.75, 3.05) is 0 Å². The topological polar surface area (TPSA) is 35.6 Å². The predicted octanol–water partition coefficient (Wildman–Crippen LogP) is 11.9.